The van der Waals surface area contributed by atoms with Gasteiger partial charge in [-0.25, -0.2) is 8.42 Å². The normalized spacial score (nSPS) is 15.9. The van der Waals surface area contributed by atoms with Crippen molar-refractivity contribution in [1.82, 2.24) is 4.31 Å². The maximum absolute atomic E-state index is 12.7. The lowest BCUT2D eigenvalue weighted by Crippen LogP contribution is -2.32. The molecule has 0 N–H and O–H groups in total. The van der Waals surface area contributed by atoms with Gasteiger partial charge in [-0.05, 0) is 43.0 Å². The second kappa shape index (κ2) is 7.44. The summed E-state index contributed by atoms with van der Waals surface area (Å²) in [7, 11) is -1.89. The van der Waals surface area contributed by atoms with Crippen LogP contribution in [0.1, 0.15) is 24.8 Å². The highest BCUT2D eigenvalue weighted by Crippen LogP contribution is 2.30. The predicted octanol–water partition coefficient (Wildman–Crippen LogP) is 4.21. The Hall–Kier alpha value is -1.08. The number of hydrogen-bond donors (Lipinski definition) is 0. The molecule has 0 spiro atoms. The lowest BCUT2D eigenvalue weighted by molar-refractivity contribution is 0.467. The molecule has 0 bridgehead atoms. The standard InChI is InChI=1S/C17H21ClN2O2S2/c1-19(24(21,22)17-10-9-16(18)23-17)13-14-7-3-4-8-15(14)20-11-5-2-6-12-20/h3-4,7-10H,2,5-6,11-13H2,1H3. The Balaban J connectivity index is 1.83. The van der Waals surface area contributed by atoms with Crippen LogP contribution in [0.5, 0.6) is 0 Å². The van der Waals surface area contributed by atoms with Gasteiger partial charge in [-0.2, -0.15) is 4.31 Å². The molecule has 1 fully saturated rings. The molecule has 1 aromatic heterocycles. The van der Waals surface area contributed by atoms with Gasteiger partial charge in [0.25, 0.3) is 10.0 Å². The molecule has 1 aromatic carbocycles. The molecule has 1 saturated heterocycles. The highest BCUT2D eigenvalue weighted by Gasteiger charge is 2.24. The molecule has 1 aliphatic heterocycles. The zero-order chi connectivity index (χ0) is 17.2. The number of sulfonamides is 1. The van der Waals surface area contributed by atoms with E-state index in [1.165, 1.54) is 23.6 Å². The summed E-state index contributed by atoms with van der Waals surface area (Å²) in [6.07, 6.45) is 3.65. The van der Waals surface area contributed by atoms with Crippen molar-refractivity contribution >= 4 is 38.6 Å². The average molecular weight is 385 g/mol. The number of benzene rings is 1. The summed E-state index contributed by atoms with van der Waals surface area (Å²) in [6, 6.07) is 11.3. The third kappa shape index (κ3) is 3.77. The lowest BCUT2D eigenvalue weighted by atomic mass is 10.1. The summed E-state index contributed by atoms with van der Waals surface area (Å²) in [5.41, 5.74) is 2.18. The van der Waals surface area contributed by atoms with Gasteiger partial charge in [-0.15, -0.1) is 11.3 Å². The fourth-order valence-corrected chi connectivity index (χ4v) is 5.85. The molecule has 3 rings (SSSR count). The zero-order valence-electron chi connectivity index (χ0n) is 13.6. The van der Waals surface area contributed by atoms with Crippen LogP contribution < -0.4 is 4.90 Å². The van der Waals surface area contributed by atoms with Crippen molar-refractivity contribution in [2.75, 3.05) is 25.0 Å². The zero-order valence-corrected chi connectivity index (χ0v) is 16.0. The van der Waals surface area contributed by atoms with Crippen LogP contribution in [0.3, 0.4) is 0 Å². The summed E-state index contributed by atoms with van der Waals surface area (Å²) in [4.78, 5) is 2.36. The van der Waals surface area contributed by atoms with Crippen molar-refractivity contribution < 1.29 is 8.42 Å². The van der Waals surface area contributed by atoms with E-state index in [-0.39, 0.29) is 4.21 Å². The molecule has 0 aliphatic carbocycles. The molecule has 7 heteroatoms. The monoisotopic (exact) mass is 384 g/mol. The summed E-state index contributed by atoms with van der Waals surface area (Å²) in [5, 5.41) is 0. The fraction of sp³-hybridized carbons (Fsp3) is 0.412. The van der Waals surface area contributed by atoms with Crippen molar-refractivity contribution in [3.8, 4) is 0 Å². The van der Waals surface area contributed by atoms with Gasteiger partial charge >= 0.3 is 0 Å². The Morgan fingerprint density at radius 3 is 2.50 bits per heavy atom. The Labute approximate surface area is 152 Å². The van der Waals surface area contributed by atoms with Crippen LogP contribution in [0, 0.1) is 0 Å². The number of thiophene rings is 1. The van der Waals surface area contributed by atoms with Gasteiger partial charge in [0, 0.05) is 32.4 Å². The van der Waals surface area contributed by atoms with E-state index in [1.807, 2.05) is 18.2 Å². The van der Waals surface area contributed by atoms with E-state index in [4.69, 9.17) is 11.6 Å². The second-order valence-electron chi connectivity index (χ2n) is 6.00. The molecule has 24 heavy (non-hydrogen) atoms. The van der Waals surface area contributed by atoms with E-state index in [9.17, 15) is 8.42 Å². The summed E-state index contributed by atoms with van der Waals surface area (Å²) >= 11 is 6.98. The van der Waals surface area contributed by atoms with Crippen LogP contribution >= 0.6 is 22.9 Å². The lowest BCUT2D eigenvalue weighted by Gasteiger charge is -2.31. The molecule has 0 atom stereocenters. The van der Waals surface area contributed by atoms with Crippen molar-refractivity contribution in [2.45, 2.75) is 30.0 Å². The quantitative estimate of drug-likeness (QED) is 0.775. The third-order valence-electron chi connectivity index (χ3n) is 4.29. The van der Waals surface area contributed by atoms with E-state index < -0.39 is 10.0 Å². The first kappa shape index (κ1) is 17.7. The van der Waals surface area contributed by atoms with E-state index in [2.05, 4.69) is 11.0 Å². The highest BCUT2D eigenvalue weighted by atomic mass is 35.5. The Kier molecular flexibility index (Phi) is 5.49. The molecule has 0 radical (unpaired) electrons. The molecule has 130 valence electrons. The van der Waals surface area contributed by atoms with Gasteiger partial charge in [-0.1, -0.05) is 29.8 Å². The van der Waals surface area contributed by atoms with Gasteiger partial charge in [-0.3, -0.25) is 0 Å². The van der Waals surface area contributed by atoms with Gasteiger partial charge < -0.3 is 4.90 Å². The number of anilines is 1. The minimum Gasteiger partial charge on any atom is -0.371 e. The summed E-state index contributed by atoms with van der Waals surface area (Å²) in [6.45, 7) is 2.42. The van der Waals surface area contributed by atoms with E-state index in [1.54, 1.807) is 19.2 Å². The largest absolute Gasteiger partial charge is 0.371 e. The van der Waals surface area contributed by atoms with Crippen LogP contribution in [0.4, 0.5) is 5.69 Å². The number of piperidine rings is 1. The maximum atomic E-state index is 12.7. The molecule has 0 unspecified atom stereocenters. The smallest absolute Gasteiger partial charge is 0.252 e. The Bertz CT molecular complexity index is 798. The summed E-state index contributed by atoms with van der Waals surface area (Å²) < 4.78 is 27.6. The van der Waals surface area contributed by atoms with Crippen molar-refractivity contribution in [1.29, 1.82) is 0 Å². The van der Waals surface area contributed by atoms with Crippen LogP contribution in [-0.4, -0.2) is 32.9 Å². The minimum absolute atomic E-state index is 0.283. The molecule has 4 nitrogen and oxygen atoms in total. The number of halogens is 1. The highest BCUT2D eigenvalue weighted by molar-refractivity contribution is 7.91. The predicted molar refractivity (Wildman–Crippen MR) is 100 cm³/mol. The second-order valence-corrected chi connectivity index (χ2v) is 9.98. The molecule has 0 amide bonds. The number of hydrogen-bond acceptors (Lipinski definition) is 4. The van der Waals surface area contributed by atoms with Crippen LogP contribution in [-0.2, 0) is 16.6 Å². The topological polar surface area (TPSA) is 40.6 Å². The number of para-hydroxylation sites is 1. The first-order valence-electron chi connectivity index (χ1n) is 8.03. The fourth-order valence-electron chi connectivity index (χ4n) is 3.00. The summed E-state index contributed by atoms with van der Waals surface area (Å²) in [5.74, 6) is 0. The molecular weight excluding hydrogens is 364 g/mol. The van der Waals surface area contributed by atoms with E-state index >= 15 is 0 Å². The molecular formula is C17H21ClN2O2S2. The van der Waals surface area contributed by atoms with Gasteiger partial charge in [0.15, 0.2) is 0 Å². The van der Waals surface area contributed by atoms with Crippen LogP contribution in [0.25, 0.3) is 0 Å². The SMILES string of the molecule is CN(Cc1ccccc1N1CCCCC1)S(=O)(=O)c1ccc(Cl)s1. The van der Waals surface area contributed by atoms with Gasteiger partial charge in [0.1, 0.15) is 4.21 Å². The van der Waals surface area contributed by atoms with Gasteiger partial charge in [0.2, 0.25) is 0 Å². The van der Waals surface area contributed by atoms with Crippen molar-refractivity contribution in [3.63, 3.8) is 0 Å². The third-order valence-corrected chi connectivity index (χ3v) is 7.80. The Morgan fingerprint density at radius 1 is 1.12 bits per heavy atom. The Morgan fingerprint density at radius 2 is 1.83 bits per heavy atom. The minimum atomic E-state index is -3.51. The van der Waals surface area contributed by atoms with Crippen molar-refractivity contribution in [2.24, 2.45) is 0 Å². The maximum Gasteiger partial charge on any atom is 0.252 e. The number of nitrogens with zero attached hydrogens (tertiary/aromatic N) is 2. The van der Waals surface area contributed by atoms with Gasteiger partial charge in [0.05, 0.1) is 4.34 Å². The number of rotatable bonds is 5. The first-order chi connectivity index (χ1) is 11.5. The van der Waals surface area contributed by atoms with Crippen LogP contribution in [0.2, 0.25) is 4.34 Å². The molecule has 2 heterocycles. The van der Waals surface area contributed by atoms with E-state index in [0.717, 1.165) is 35.7 Å². The average Bonchev–Trinajstić information content (AvgIpc) is 3.03. The van der Waals surface area contributed by atoms with Crippen molar-refractivity contribution in [3.05, 3.63) is 46.3 Å². The molecule has 1 aliphatic rings. The van der Waals surface area contributed by atoms with Crippen LogP contribution in [0.15, 0.2) is 40.6 Å². The molecule has 2 aromatic rings. The van der Waals surface area contributed by atoms with E-state index in [0.29, 0.717) is 10.9 Å². The molecule has 0 saturated carbocycles. The first-order valence-corrected chi connectivity index (χ1v) is 10.7.